The van der Waals surface area contributed by atoms with E-state index in [0.717, 1.165) is 69.8 Å². The summed E-state index contributed by atoms with van der Waals surface area (Å²) in [5.41, 5.74) is 0. The number of thioether (sulfide) groups is 1. The van der Waals surface area contributed by atoms with Crippen LogP contribution in [0.25, 0.3) is 0 Å². The molecule has 0 aromatic carbocycles. The predicted molar refractivity (Wildman–Crippen MR) is 106 cm³/mol. The monoisotopic (exact) mass is 378 g/mol. The lowest BCUT2D eigenvalue weighted by Gasteiger charge is -2.45. The van der Waals surface area contributed by atoms with Gasteiger partial charge in [-0.05, 0) is 38.0 Å². The van der Waals surface area contributed by atoms with Gasteiger partial charge < -0.3 is 9.80 Å². The maximum atomic E-state index is 13.0. The van der Waals surface area contributed by atoms with Crippen molar-refractivity contribution >= 4 is 23.6 Å². The Balaban J connectivity index is 1.30. The Hall–Kier alpha value is -0.710. The third-order valence-electron chi connectivity index (χ3n) is 7.29. The Morgan fingerprint density at radius 3 is 2.27 bits per heavy atom. The molecule has 4 rings (SSSR count). The molecule has 2 saturated carbocycles. The molecule has 146 valence electrons. The van der Waals surface area contributed by atoms with E-state index in [1.165, 1.54) is 38.5 Å². The number of carbonyl (C=O) groups excluding carboxylic acids is 2. The molecule has 4 fully saturated rings. The molecule has 2 aliphatic carbocycles. The highest BCUT2D eigenvalue weighted by Gasteiger charge is 2.48. The van der Waals surface area contributed by atoms with E-state index in [2.05, 4.69) is 9.80 Å². The fourth-order valence-corrected chi connectivity index (χ4v) is 7.08. The van der Waals surface area contributed by atoms with Crippen LogP contribution >= 0.6 is 11.8 Å². The lowest BCUT2D eigenvalue weighted by molar-refractivity contribution is -0.140. The third-order valence-corrected chi connectivity index (χ3v) is 8.84. The molecule has 2 heterocycles. The minimum absolute atomic E-state index is 0.0120. The van der Waals surface area contributed by atoms with Crippen LogP contribution < -0.4 is 0 Å². The number of carbonyl (C=O) groups is 2. The lowest BCUT2D eigenvalue weighted by Crippen LogP contribution is -2.54. The van der Waals surface area contributed by atoms with Gasteiger partial charge in [0.05, 0.1) is 4.87 Å². The quantitative estimate of drug-likeness (QED) is 0.741. The van der Waals surface area contributed by atoms with Crippen molar-refractivity contribution in [2.24, 2.45) is 11.8 Å². The number of piperidine rings is 1. The van der Waals surface area contributed by atoms with Gasteiger partial charge in [0.15, 0.2) is 0 Å². The van der Waals surface area contributed by atoms with Gasteiger partial charge in [0.25, 0.3) is 0 Å². The van der Waals surface area contributed by atoms with Crippen LogP contribution in [0.15, 0.2) is 0 Å². The first kappa shape index (κ1) is 18.6. The summed E-state index contributed by atoms with van der Waals surface area (Å²) in [7, 11) is 0. The molecular weight excluding hydrogens is 344 g/mol. The summed E-state index contributed by atoms with van der Waals surface area (Å²) in [4.78, 5) is 29.9. The smallest absolute Gasteiger partial charge is 0.226 e. The molecule has 0 atom stereocenters. The Morgan fingerprint density at radius 1 is 0.923 bits per heavy atom. The van der Waals surface area contributed by atoms with Gasteiger partial charge in [-0.15, -0.1) is 11.8 Å². The van der Waals surface area contributed by atoms with E-state index in [1.807, 2.05) is 11.8 Å². The molecule has 2 saturated heterocycles. The van der Waals surface area contributed by atoms with Crippen LogP contribution in [-0.4, -0.2) is 51.9 Å². The second kappa shape index (κ2) is 8.12. The summed E-state index contributed by atoms with van der Waals surface area (Å²) in [6.07, 6.45) is 13.7. The second-order valence-electron chi connectivity index (χ2n) is 8.84. The predicted octanol–water partition coefficient (Wildman–Crippen LogP) is 4.04. The van der Waals surface area contributed by atoms with E-state index in [0.29, 0.717) is 11.8 Å². The summed E-state index contributed by atoms with van der Waals surface area (Å²) >= 11 is 1.98. The zero-order valence-electron chi connectivity index (χ0n) is 16.1. The molecule has 4 aliphatic rings. The van der Waals surface area contributed by atoms with Gasteiger partial charge in [0, 0.05) is 37.7 Å². The number of hydrogen-bond donors (Lipinski definition) is 0. The largest absolute Gasteiger partial charge is 0.342 e. The maximum Gasteiger partial charge on any atom is 0.226 e. The first-order valence-corrected chi connectivity index (χ1v) is 11.9. The van der Waals surface area contributed by atoms with Crippen LogP contribution in [0.3, 0.4) is 0 Å². The van der Waals surface area contributed by atoms with Gasteiger partial charge in [-0.25, -0.2) is 0 Å². The molecule has 5 heteroatoms. The topological polar surface area (TPSA) is 40.6 Å². The second-order valence-corrected chi connectivity index (χ2v) is 10.3. The Labute approximate surface area is 162 Å². The van der Waals surface area contributed by atoms with Crippen LogP contribution in [-0.2, 0) is 9.59 Å². The first-order chi connectivity index (χ1) is 12.7. The van der Waals surface area contributed by atoms with E-state index in [1.54, 1.807) is 0 Å². The van der Waals surface area contributed by atoms with Gasteiger partial charge in [-0.1, -0.05) is 38.5 Å². The molecule has 0 bridgehead atoms. The summed E-state index contributed by atoms with van der Waals surface area (Å²) in [6, 6.07) is 0. The first-order valence-electron chi connectivity index (χ1n) is 10.9. The SMILES string of the molecule is O=C(CCC1CCCC1)N1CCC2(CC1)SCCN2C(=O)C1CCCC1. The molecular formula is C21H34N2O2S. The number of rotatable bonds is 4. The molecule has 0 aromatic heterocycles. The van der Waals surface area contributed by atoms with Gasteiger partial charge >= 0.3 is 0 Å². The lowest BCUT2D eigenvalue weighted by atomic mass is 9.97. The van der Waals surface area contributed by atoms with Gasteiger partial charge in [0.2, 0.25) is 11.8 Å². The average molecular weight is 379 g/mol. The molecule has 0 radical (unpaired) electrons. The van der Waals surface area contributed by atoms with Crippen LogP contribution in [0, 0.1) is 11.8 Å². The van der Waals surface area contributed by atoms with Crippen LogP contribution in [0.4, 0.5) is 0 Å². The van der Waals surface area contributed by atoms with E-state index >= 15 is 0 Å². The van der Waals surface area contributed by atoms with Crippen molar-refractivity contribution in [2.75, 3.05) is 25.4 Å². The zero-order chi connectivity index (χ0) is 18.0. The van der Waals surface area contributed by atoms with Crippen LogP contribution in [0.5, 0.6) is 0 Å². The van der Waals surface area contributed by atoms with Gasteiger partial charge in [-0.3, -0.25) is 9.59 Å². The van der Waals surface area contributed by atoms with Crippen molar-refractivity contribution in [3.63, 3.8) is 0 Å². The summed E-state index contributed by atoms with van der Waals surface area (Å²) < 4.78 is 0. The van der Waals surface area contributed by atoms with E-state index in [4.69, 9.17) is 0 Å². The normalized spacial score (nSPS) is 26.9. The van der Waals surface area contributed by atoms with Crippen molar-refractivity contribution < 1.29 is 9.59 Å². The minimum atomic E-state index is -0.0120. The molecule has 0 aromatic rings. The number of nitrogens with zero attached hydrogens (tertiary/aromatic N) is 2. The fourth-order valence-electron chi connectivity index (χ4n) is 5.62. The summed E-state index contributed by atoms with van der Waals surface area (Å²) in [5.74, 6) is 2.89. The average Bonchev–Trinajstić information content (AvgIpc) is 3.42. The Bertz CT molecular complexity index is 518. The molecule has 4 nitrogen and oxygen atoms in total. The van der Waals surface area contributed by atoms with E-state index < -0.39 is 0 Å². The number of likely N-dealkylation sites (tertiary alicyclic amines) is 1. The standard InChI is InChI=1S/C21H34N2O2S/c24-19(10-9-17-5-1-2-6-17)22-13-11-21(12-14-22)23(15-16-26-21)20(25)18-7-3-4-8-18/h17-18H,1-16H2. The minimum Gasteiger partial charge on any atom is -0.342 e. The molecule has 2 amide bonds. The van der Waals surface area contributed by atoms with E-state index in [-0.39, 0.29) is 10.8 Å². The van der Waals surface area contributed by atoms with Crippen molar-refractivity contribution in [2.45, 2.75) is 81.9 Å². The van der Waals surface area contributed by atoms with Crippen molar-refractivity contribution in [3.8, 4) is 0 Å². The molecule has 26 heavy (non-hydrogen) atoms. The van der Waals surface area contributed by atoms with Gasteiger partial charge in [-0.2, -0.15) is 0 Å². The fraction of sp³-hybridized carbons (Fsp3) is 0.905. The van der Waals surface area contributed by atoms with E-state index in [9.17, 15) is 9.59 Å². The molecule has 0 N–H and O–H groups in total. The van der Waals surface area contributed by atoms with Crippen molar-refractivity contribution in [1.29, 1.82) is 0 Å². The Kier molecular flexibility index (Phi) is 5.82. The highest BCUT2D eigenvalue weighted by Crippen LogP contribution is 2.45. The van der Waals surface area contributed by atoms with Crippen molar-refractivity contribution in [3.05, 3.63) is 0 Å². The summed E-state index contributed by atoms with van der Waals surface area (Å²) in [5, 5.41) is 0. The maximum absolute atomic E-state index is 13.0. The van der Waals surface area contributed by atoms with Crippen LogP contribution in [0.1, 0.15) is 77.0 Å². The Morgan fingerprint density at radius 2 is 1.58 bits per heavy atom. The van der Waals surface area contributed by atoms with Crippen LogP contribution in [0.2, 0.25) is 0 Å². The number of hydrogen-bond acceptors (Lipinski definition) is 3. The van der Waals surface area contributed by atoms with Crippen molar-refractivity contribution in [1.82, 2.24) is 9.80 Å². The molecule has 1 spiro atoms. The third kappa shape index (κ3) is 3.79. The highest BCUT2D eigenvalue weighted by molar-refractivity contribution is 8.00. The summed E-state index contributed by atoms with van der Waals surface area (Å²) in [6.45, 7) is 2.59. The van der Waals surface area contributed by atoms with Gasteiger partial charge in [0.1, 0.15) is 0 Å². The molecule has 0 unspecified atom stereocenters. The number of amides is 2. The molecule has 2 aliphatic heterocycles. The zero-order valence-corrected chi connectivity index (χ0v) is 16.9. The highest BCUT2D eigenvalue weighted by atomic mass is 32.2.